The number of hydrogen-bond acceptors (Lipinski definition) is 6. The van der Waals surface area contributed by atoms with Gasteiger partial charge >= 0.3 is 79.9 Å². The Morgan fingerprint density at radius 1 is 0.571 bits per heavy atom. The molecule has 14 heteroatoms. The Kier molecular flexibility index (Phi) is 31.0. The standard InChI is InChI=1S/2Na.2H2O4S.H2O2.2H/c;;2*1-5(2,3)4;1-2;;/h;;2*(H2,1,2,3,4);1-2H;;. The first-order valence-corrected chi connectivity index (χ1v) is 4.39. The molecular formula is H8Na2O10S2. The molecule has 14 heavy (non-hydrogen) atoms. The predicted octanol–water partition coefficient (Wildman–Crippen LogP) is -2.59. The van der Waals surface area contributed by atoms with Crippen molar-refractivity contribution in [3.05, 3.63) is 0 Å². The normalized spacial score (nSPS) is 8.71. The summed E-state index contributed by atoms with van der Waals surface area (Å²) in [5.41, 5.74) is 0. The molecule has 82 valence electrons. The quantitative estimate of drug-likeness (QED) is 0.119. The Labute approximate surface area is 124 Å². The molecule has 0 rings (SSSR count). The van der Waals surface area contributed by atoms with Crippen molar-refractivity contribution in [3.8, 4) is 0 Å². The molecule has 0 bridgehead atoms. The zero-order valence-electron chi connectivity index (χ0n) is 5.13. The van der Waals surface area contributed by atoms with E-state index < -0.39 is 20.8 Å². The van der Waals surface area contributed by atoms with Gasteiger partial charge in [0.05, 0.1) is 0 Å². The molecular weight excluding hydrogens is 270 g/mol. The van der Waals surface area contributed by atoms with E-state index in [9.17, 15) is 0 Å². The van der Waals surface area contributed by atoms with Crippen molar-refractivity contribution in [2.24, 2.45) is 0 Å². The fraction of sp³-hybridized carbons (Fsp3) is 0. The fourth-order valence-electron chi connectivity index (χ4n) is 0. The van der Waals surface area contributed by atoms with E-state index in [1.807, 2.05) is 0 Å². The molecule has 0 unspecified atom stereocenters. The molecule has 0 aromatic rings. The van der Waals surface area contributed by atoms with E-state index in [0.29, 0.717) is 0 Å². The van der Waals surface area contributed by atoms with Gasteiger partial charge in [-0.25, -0.2) is 0 Å². The van der Waals surface area contributed by atoms with E-state index >= 15 is 0 Å². The second-order valence-electron chi connectivity index (χ2n) is 0.896. The zero-order chi connectivity index (χ0) is 11.0. The first kappa shape index (κ1) is 29.6. The SMILES string of the molecule is O=S(=O)(O)O.O=S(=O)(O)O.OO.[NaH].[NaH]. The Morgan fingerprint density at radius 2 is 0.571 bits per heavy atom. The summed E-state index contributed by atoms with van der Waals surface area (Å²) in [5, 5.41) is 12.0. The molecule has 0 amide bonds. The van der Waals surface area contributed by atoms with Crippen LogP contribution in [-0.2, 0) is 20.8 Å². The van der Waals surface area contributed by atoms with E-state index in [4.69, 9.17) is 45.6 Å². The van der Waals surface area contributed by atoms with E-state index in [-0.39, 0.29) is 59.1 Å². The summed E-state index contributed by atoms with van der Waals surface area (Å²) < 4.78 is 63.2. The average Bonchev–Trinajstić information content (AvgIpc) is 1.59. The summed E-state index contributed by atoms with van der Waals surface area (Å²) >= 11 is 0. The second kappa shape index (κ2) is 14.7. The monoisotopic (exact) mass is 278 g/mol. The maximum absolute atomic E-state index is 8.74. The van der Waals surface area contributed by atoms with Crippen LogP contribution < -0.4 is 0 Å². The van der Waals surface area contributed by atoms with E-state index in [1.165, 1.54) is 0 Å². The molecule has 0 aromatic carbocycles. The summed E-state index contributed by atoms with van der Waals surface area (Å²) in [7, 11) is -9.33. The van der Waals surface area contributed by atoms with Crippen LogP contribution in [0.15, 0.2) is 0 Å². The van der Waals surface area contributed by atoms with Gasteiger partial charge in [0.25, 0.3) is 0 Å². The van der Waals surface area contributed by atoms with Crippen LogP contribution in [0.5, 0.6) is 0 Å². The summed E-state index contributed by atoms with van der Waals surface area (Å²) in [5.74, 6) is 0. The molecule has 0 aliphatic rings. The predicted molar refractivity (Wildman–Crippen MR) is 47.9 cm³/mol. The third-order valence-electron chi connectivity index (χ3n) is 0. The molecule has 0 aliphatic heterocycles. The van der Waals surface area contributed by atoms with Crippen molar-refractivity contribution in [3.63, 3.8) is 0 Å². The van der Waals surface area contributed by atoms with Crippen molar-refractivity contribution in [2.45, 2.75) is 0 Å². The molecule has 0 aromatic heterocycles. The van der Waals surface area contributed by atoms with E-state index in [1.54, 1.807) is 0 Å². The van der Waals surface area contributed by atoms with E-state index in [2.05, 4.69) is 0 Å². The minimum atomic E-state index is -4.67. The molecule has 0 spiro atoms. The second-order valence-corrected chi connectivity index (χ2v) is 2.69. The van der Waals surface area contributed by atoms with Gasteiger partial charge < -0.3 is 0 Å². The fourth-order valence-corrected chi connectivity index (χ4v) is 0. The Morgan fingerprint density at radius 3 is 0.571 bits per heavy atom. The van der Waals surface area contributed by atoms with E-state index in [0.717, 1.165) is 0 Å². The Hall–Kier alpha value is 1.66. The van der Waals surface area contributed by atoms with Crippen LogP contribution >= 0.6 is 0 Å². The Bertz CT molecular complexity index is 212. The van der Waals surface area contributed by atoms with Gasteiger partial charge in [0.2, 0.25) is 0 Å². The van der Waals surface area contributed by atoms with Crippen molar-refractivity contribution in [1.82, 2.24) is 0 Å². The molecule has 0 radical (unpaired) electrons. The molecule has 0 atom stereocenters. The van der Waals surface area contributed by atoms with Crippen LogP contribution in [-0.4, -0.2) is 105 Å². The van der Waals surface area contributed by atoms with Crippen LogP contribution in [0.3, 0.4) is 0 Å². The molecule has 0 fully saturated rings. The third kappa shape index (κ3) is 795. The number of rotatable bonds is 0. The van der Waals surface area contributed by atoms with Crippen LogP contribution in [0, 0.1) is 0 Å². The van der Waals surface area contributed by atoms with Gasteiger partial charge in [-0.3, -0.25) is 28.7 Å². The van der Waals surface area contributed by atoms with Gasteiger partial charge in [-0.1, -0.05) is 0 Å². The summed E-state index contributed by atoms with van der Waals surface area (Å²) in [6.45, 7) is 0. The maximum atomic E-state index is 8.74. The zero-order valence-corrected chi connectivity index (χ0v) is 6.77. The summed E-state index contributed by atoms with van der Waals surface area (Å²) in [4.78, 5) is 0. The van der Waals surface area contributed by atoms with Crippen LogP contribution in [0.1, 0.15) is 0 Å². The summed E-state index contributed by atoms with van der Waals surface area (Å²) in [6.07, 6.45) is 0. The van der Waals surface area contributed by atoms with Gasteiger partial charge in [-0.15, -0.1) is 0 Å². The third-order valence-corrected chi connectivity index (χ3v) is 0. The molecule has 0 saturated carbocycles. The van der Waals surface area contributed by atoms with Crippen LogP contribution in [0.25, 0.3) is 0 Å². The van der Waals surface area contributed by atoms with Crippen molar-refractivity contribution >= 4 is 79.9 Å². The van der Waals surface area contributed by atoms with Gasteiger partial charge in [0.15, 0.2) is 0 Å². The molecule has 6 N–H and O–H groups in total. The van der Waals surface area contributed by atoms with Gasteiger partial charge in [-0.05, 0) is 0 Å². The van der Waals surface area contributed by atoms with Crippen LogP contribution in [0.2, 0.25) is 0 Å². The molecule has 0 heterocycles. The summed E-state index contributed by atoms with van der Waals surface area (Å²) in [6, 6.07) is 0. The first-order valence-electron chi connectivity index (χ1n) is 1.60. The topological polar surface area (TPSA) is 190 Å². The van der Waals surface area contributed by atoms with Gasteiger partial charge in [0, 0.05) is 0 Å². The molecule has 10 nitrogen and oxygen atoms in total. The first-order chi connectivity index (χ1) is 5.00. The Balaban J connectivity index is -0.0000000292. The van der Waals surface area contributed by atoms with Crippen LogP contribution in [0.4, 0.5) is 0 Å². The minimum absolute atomic E-state index is 0. The van der Waals surface area contributed by atoms with Crippen molar-refractivity contribution in [2.75, 3.05) is 0 Å². The van der Waals surface area contributed by atoms with Gasteiger partial charge in [0.1, 0.15) is 0 Å². The van der Waals surface area contributed by atoms with Crippen molar-refractivity contribution < 1.29 is 45.6 Å². The average molecular weight is 278 g/mol. The molecule has 0 aliphatic carbocycles. The number of hydrogen-bond donors (Lipinski definition) is 6. The van der Waals surface area contributed by atoms with Crippen molar-refractivity contribution in [1.29, 1.82) is 0 Å². The van der Waals surface area contributed by atoms with Gasteiger partial charge in [-0.2, -0.15) is 16.8 Å². The molecule has 0 saturated heterocycles.